The monoisotopic (exact) mass is 390 g/mol. The molecule has 0 fully saturated rings. The maximum Gasteiger partial charge on any atom is 0.272 e. The maximum atomic E-state index is 12.5. The third-order valence-corrected chi connectivity index (χ3v) is 4.22. The number of hydrogen-bond acceptors (Lipinski definition) is 6. The molecule has 0 unspecified atom stereocenters. The first kappa shape index (κ1) is 18.4. The lowest BCUT2D eigenvalue weighted by atomic mass is 10.2. The highest BCUT2D eigenvalue weighted by molar-refractivity contribution is 5.96. The fourth-order valence-electron chi connectivity index (χ4n) is 2.89. The van der Waals surface area contributed by atoms with Gasteiger partial charge >= 0.3 is 0 Å². The number of fused-ring (bicyclic) bond motifs is 1. The van der Waals surface area contributed by atoms with E-state index in [9.17, 15) is 9.59 Å². The van der Waals surface area contributed by atoms with Crippen molar-refractivity contribution in [3.63, 3.8) is 0 Å². The molecule has 4 heterocycles. The Morgan fingerprint density at radius 2 is 2.03 bits per heavy atom. The number of hydrogen-bond donors (Lipinski definition) is 2. The molecule has 0 atom stereocenters. The minimum atomic E-state index is -0.352. The van der Waals surface area contributed by atoms with Crippen LogP contribution < -0.4 is 15.6 Å². The highest BCUT2D eigenvalue weighted by atomic mass is 16.5. The lowest BCUT2D eigenvalue weighted by Crippen LogP contribution is -2.26. The highest BCUT2D eigenvalue weighted by Gasteiger charge is 2.14. The van der Waals surface area contributed by atoms with Crippen LogP contribution in [-0.4, -0.2) is 37.1 Å². The molecule has 0 spiro atoms. The molecule has 0 saturated carbocycles. The number of aromatic nitrogens is 5. The number of aromatic amines is 1. The lowest BCUT2D eigenvalue weighted by Gasteiger charge is -2.09. The van der Waals surface area contributed by atoms with E-state index in [2.05, 4.69) is 25.4 Å². The summed E-state index contributed by atoms with van der Waals surface area (Å²) < 4.78 is 6.74. The molecule has 0 radical (unpaired) electrons. The normalized spacial score (nSPS) is 10.8. The standard InChI is InChI=1S/C20H18N6O3/c1-2-29-20-15(4-3-7-22-20)19(28)23-12-14-10-18(27)26-17(24-14)11-16(25-26)13-5-8-21-9-6-13/h3-11,25H,2,12H2,1H3,(H,23,28). The highest BCUT2D eigenvalue weighted by Crippen LogP contribution is 2.17. The van der Waals surface area contributed by atoms with Crippen molar-refractivity contribution in [1.29, 1.82) is 0 Å². The second-order valence-corrected chi connectivity index (χ2v) is 6.16. The molecule has 0 aromatic carbocycles. The Hall–Kier alpha value is -4.01. The molecule has 0 bridgehead atoms. The molecule has 0 saturated heterocycles. The number of nitrogens with one attached hydrogen (secondary N) is 2. The summed E-state index contributed by atoms with van der Waals surface area (Å²) in [5.41, 5.74) is 2.61. The van der Waals surface area contributed by atoms with Crippen molar-refractivity contribution in [3.05, 3.63) is 76.6 Å². The van der Waals surface area contributed by atoms with Crippen molar-refractivity contribution in [1.82, 2.24) is 29.9 Å². The zero-order valence-corrected chi connectivity index (χ0v) is 15.6. The predicted molar refractivity (Wildman–Crippen MR) is 106 cm³/mol. The lowest BCUT2D eigenvalue weighted by molar-refractivity contribution is 0.0945. The molecule has 29 heavy (non-hydrogen) atoms. The van der Waals surface area contributed by atoms with Crippen LogP contribution in [0.15, 0.2) is 59.8 Å². The number of amides is 1. The smallest absolute Gasteiger partial charge is 0.272 e. The number of carbonyl (C=O) groups is 1. The third-order valence-electron chi connectivity index (χ3n) is 4.22. The van der Waals surface area contributed by atoms with Gasteiger partial charge in [-0.25, -0.2) is 14.5 Å². The molecule has 9 heteroatoms. The molecule has 2 N–H and O–H groups in total. The third kappa shape index (κ3) is 3.84. The molecule has 0 aliphatic carbocycles. The summed E-state index contributed by atoms with van der Waals surface area (Å²) in [6.45, 7) is 2.32. The molecular formula is C20H18N6O3. The van der Waals surface area contributed by atoms with Gasteiger partial charge in [-0.15, -0.1) is 0 Å². The summed E-state index contributed by atoms with van der Waals surface area (Å²) in [7, 11) is 0. The summed E-state index contributed by atoms with van der Waals surface area (Å²) in [6, 6.07) is 10.1. The number of ether oxygens (including phenoxy) is 1. The maximum absolute atomic E-state index is 12.5. The molecule has 9 nitrogen and oxygen atoms in total. The van der Waals surface area contributed by atoms with E-state index in [-0.39, 0.29) is 23.9 Å². The Balaban J connectivity index is 1.56. The molecule has 0 aliphatic heterocycles. The number of carbonyl (C=O) groups excluding carboxylic acids is 1. The summed E-state index contributed by atoms with van der Waals surface area (Å²) in [5.74, 6) is -0.0845. The summed E-state index contributed by atoms with van der Waals surface area (Å²) in [4.78, 5) is 37.5. The van der Waals surface area contributed by atoms with E-state index in [1.54, 1.807) is 36.8 Å². The molecule has 1 amide bonds. The van der Waals surface area contributed by atoms with Crippen LogP contribution in [0.1, 0.15) is 23.0 Å². The fraction of sp³-hybridized carbons (Fsp3) is 0.150. The second kappa shape index (κ2) is 7.93. The van der Waals surface area contributed by atoms with Gasteiger partial charge in [0.1, 0.15) is 5.56 Å². The van der Waals surface area contributed by atoms with Crippen molar-refractivity contribution >= 4 is 11.6 Å². The van der Waals surface area contributed by atoms with Crippen molar-refractivity contribution in [3.8, 4) is 17.1 Å². The largest absolute Gasteiger partial charge is 0.477 e. The van der Waals surface area contributed by atoms with Gasteiger partial charge in [0.25, 0.3) is 11.5 Å². The Bertz CT molecular complexity index is 1220. The number of pyridine rings is 2. The van der Waals surface area contributed by atoms with Crippen LogP contribution in [0, 0.1) is 0 Å². The van der Waals surface area contributed by atoms with Crippen LogP contribution in [-0.2, 0) is 6.54 Å². The first-order valence-corrected chi connectivity index (χ1v) is 9.04. The van der Waals surface area contributed by atoms with E-state index in [1.165, 1.54) is 10.6 Å². The number of H-pyrrole nitrogens is 1. The van der Waals surface area contributed by atoms with E-state index in [1.807, 2.05) is 19.1 Å². The molecule has 146 valence electrons. The summed E-state index contributed by atoms with van der Waals surface area (Å²) in [5, 5.41) is 5.78. The van der Waals surface area contributed by atoms with Crippen LogP contribution in [0.25, 0.3) is 16.9 Å². The van der Waals surface area contributed by atoms with Crippen LogP contribution in [0.2, 0.25) is 0 Å². The first-order valence-electron chi connectivity index (χ1n) is 9.04. The quantitative estimate of drug-likeness (QED) is 0.519. The van der Waals surface area contributed by atoms with E-state index in [0.29, 0.717) is 23.5 Å². The van der Waals surface area contributed by atoms with E-state index < -0.39 is 0 Å². The van der Waals surface area contributed by atoms with Gasteiger partial charge in [-0.05, 0) is 31.2 Å². The molecule has 4 rings (SSSR count). The van der Waals surface area contributed by atoms with Crippen LogP contribution in [0.3, 0.4) is 0 Å². The van der Waals surface area contributed by atoms with Crippen LogP contribution >= 0.6 is 0 Å². The van der Waals surface area contributed by atoms with Crippen molar-refractivity contribution in [2.24, 2.45) is 0 Å². The van der Waals surface area contributed by atoms with Gasteiger partial charge in [0.2, 0.25) is 5.88 Å². The summed E-state index contributed by atoms with van der Waals surface area (Å²) >= 11 is 0. The average molecular weight is 390 g/mol. The molecule has 0 aliphatic rings. The number of nitrogens with zero attached hydrogens (tertiary/aromatic N) is 4. The SMILES string of the molecule is CCOc1ncccc1C(=O)NCc1cc(=O)n2[nH]c(-c3ccncc3)cc2n1. The van der Waals surface area contributed by atoms with Gasteiger partial charge in [0.15, 0.2) is 5.65 Å². The van der Waals surface area contributed by atoms with Crippen LogP contribution in [0.5, 0.6) is 5.88 Å². The van der Waals surface area contributed by atoms with Gasteiger partial charge in [0.05, 0.1) is 24.5 Å². The van der Waals surface area contributed by atoms with Gasteiger partial charge in [-0.1, -0.05) is 0 Å². The molecular weight excluding hydrogens is 372 g/mol. The molecule has 4 aromatic rings. The fourth-order valence-corrected chi connectivity index (χ4v) is 2.89. The van der Waals surface area contributed by atoms with Gasteiger partial charge < -0.3 is 10.1 Å². The Morgan fingerprint density at radius 3 is 2.83 bits per heavy atom. The first-order chi connectivity index (χ1) is 14.2. The Labute approximate surface area is 165 Å². The topological polar surface area (TPSA) is 114 Å². The number of rotatable bonds is 6. The van der Waals surface area contributed by atoms with Crippen molar-refractivity contribution in [2.75, 3.05) is 6.61 Å². The van der Waals surface area contributed by atoms with Gasteiger partial charge in [0, 0.05) is 36.3 Å². The predicted octanol–water partition coefficient (Wildman–Crippen LogP) is 1.81. The zero-order valence-electron chi connectivity index (χ0n) is 15.6. The van der Waals surface area contributed by atoms with E-state index in [0.717, 1.165) is 11.3 Å². The average Bonchev–Trinajstić information content (AvgIpc) is 3.18. The van der Waals surface area contributed by atoms with Gasteiger partial charge in [-0.2, -0.15) is 0 Å². The van der Waals surface area contributed by atoms with Gasteiger partial charge in [-0.3, -0.25) is 19.7 Å². The second-order valence-electron chi connectivity index (χ2n) is 6.16. The van der Waals surface area contributed by atoms with Crippen molar-refractivity contribution in [2.45, 2.75) is 13.5 Å². The Kier molecular flexibility index (Phi) is 5.02. The van der Waals surface area contributed by atoms with E-state index in [4.69, 9.17) is 4.74 Å². The minimum Gasteiger partial charge on any atom is -0.477 e. The summed E-state index contributed by atoms with van der Waals surface area (Å²) in [6.07, 6.45) is 4.91. The van der Waals surface area contributed by atoms with Crippen LogP contribution in [0.4, 0.5) is 0 Å². The Morgan fingerprint density at radius 1 is 1.21 bits per heavy atom. The van der Waals surface area contributed by atoms with Crippen molar-refractivity contribution < 1.29 is 9.53 Å². The zero-order chi connectivity index (χ0) is 20.2. The minimum absolute atomic E-state index is 0.0980. The van der Waals surface area contributed by atoms with E-state index >= 15 is 0 Å². The molecule has 4 aromatic heterocycles.